The summed E-state index contributed by atoms with van der Waals surface area (Å²) in [6.07, 6.45) is 3.15. The second-order valence-electron chi connectivity index (χ2n) is 8.59. The van der Waals surface area contributed by atoms with Gasteiger partial charge in [0.1, 0.15) is 11.0 Å². The molecule has 0 saturated heterocycles. The van der Waals surface area contributed by atoms with Crippen molar-refractivity contribution in [3.63, 3.8) is 0 Å². The van der Waals surface area contributed by atoms with E-state index < -0.39 is 0 Å². The van der Waals surface area contributed by atoms with Gasteiger partial charge in [0.2, 0.25) is 0 Å². The monoisotopic (exact) mass is 476 g/mol. The summed E-state index contributed by atoms with van der Waals surface area (Å²) in [6, 6.07) is 15.9. The number of fused-ring (bicyclic) bond motifs is 6. The topological polar surface area (TPSA) is 158 Å². The smallest absolute Gasteiger partial charge is 0.265 e. The fraction of sp³-hybridized carbons (Fsp3) is 0.167. The van der Waals surface area contributed by atoms with Crippen molar-refractivity contribution in [3.8, 4) is 0 Å². The van der Waals surface area contributed by atoms with Crippen molar-refractivity contribution >= 4 is 67.5 Å². The number of hydrogen-bond donors (Lipinski definition) is 4. The predicted molar refractivity (Wildman–Crippen MR) is 139 cm³/mol. The first-order valence-electron chi connectivity index (χ1n) is 11.7. The van der Waals surface area contributed by atoms with Crippen LogP contribution in [0, 0.1) is 0 Å². The maximum atomic E-state index is 4.51. The fourth-order valence-electron chi connectivity index (χ4n) is 4.44. The second kappa shape index (κ2) is 8.34. The van der Waals surface area contributed by atoms with Gasteiger partial charge in [-0.25, -0.2) is 10.9 Å². The molecular weight excluding hydrogens is 456 g/mol. The highest BCUT2D eigenvalue weighted by molar-refractivity contribution is 6.04. The standard InChI is InChI=1S/C24H20N12/c1-3-7-17-15(5-1)19-21(25-17)27-23(35-31-19)33-29-13-9-11-14(12-10-13)30-34-24-28-22-20(32-36-24)16-6-2-4-8-18(16)26-22/h1-8H,9-12H2,(H2,25,27,33,35)(H2,26,28,34,36). The Kier molecular flexibility index (Phi) is 4.72. The number of aromatic amines is 2. The van der Waals surface area contributed by atoms with Gasteiger partial charge in [0.25, 0.3) is 11.9 Å². The largest absolute Gasteiger partial charge is 0.338 e. The molecule has 1 fully saturated rings. The molecule has 4 aromatic heterocycles. The van der Waals surface area contributed by atoms with Crippen molar-refractivity contribution in [1.29, 1.82) is 0 Å². The number of rotatable bonds is 4. The summed E-state index contributed by atoms with van der Waals surface area (Å²) in [5, 5.41) is 27.9. The SMILES string of the molecule is c1ccc2c(c1)[nH]c1nc(NN=C3CCC(=NNc4nnc5c(n4)[nH]c4ccccc45)CC3)nnc12. The van der Waals surface area contributed by atoms with Gasteiger partial charge >= 0.3 is 0 Å². The van der Waals surface area contributed by atoms with E-state index in [1.54, 1.807) is 0 Å². The van der Waals surface area contributed by atoms with Gasteiger partial charge < -0.3 is 9.97 Å². The van der Waals surface area contributed by atoms with Crippen LogP contribution in [0.25, 0.3) is 44.1 Å². The molecule has 1 aliphatic carbocycles. The molecule has 1 saturated carbocycles. The minimum Gasteiger partial charge on any atom is -0.338 e. The average molecular weight is 477 g/mol. The maximum absolute atomic E-state index is 4.51. The third-order valence-electron chi connectivity index (χ3n) is 6.28. The molecule has 6 aromatic rings. The lowest BCUT2D eigenvalue weighted by atomic mass is 9.97. The van der Waals surface area contributed by atoms with Crippen LogP contribution in [0.4, 0.5) is 11.9 Å². The zero-order valence-corrected chi connectivity index (χ0v) is 19.0. The van der Waals surface area contributed by atoms with Crippen LogP contribution in [-0.2, 0) is 0 Å². The molecule has 7 rings (SSSR count). The molecule has 36 heavy (non-hydrogen) atoms. The van der Waals surface area contributed by atoms with E-state index in [0.29, 0.717) is 23.2 Å². The van der Waals surface area contributed by atoms with Crippen LogP contribution in [0.15, 0.2) is 58.7 Å². The van der Waals surface area contributed by atoms with Crippen molar-refractivity contribution in [2.24, 2.45) is 10.2 Å². The van der Waals surface area contributed by atoms with Gasteiger partial charge in [-0.05, 0) is 37.8 Å². The quantitative estimate of drug-likeness (QED) is 0.276. The van der Waals surface area contributed by atoms with Crippen LogP contribution in [0.5, 0.6) is 0 Å². The van der Waals surface area contributed by atoms with Crippen molar-refractivity contribution in [3.05, 3.63) is 48.5 Å². The number of nitrogens with zero attached hydrogens (tertiary/aromatic N) is 8. The van der Waals surface area contributed by atoms with Gasteiger partial charge in [-0.15, -0.1) is 20.4 Å². The maximum Gasteiger partial charge on any atom is 0.265 e. The number of benzene rings is 2. The molecule has 0 bridgehead atoms. The lowest BCUT2D eigenvalue weighted by molar-refractivity contribution is 0.922. The Balaban J connectivity index is 0.999. The second-order valence-corrected chi connectivity index (χ2v) is 8.59. The zero-order chi connectivity index (χ0) is 23.9. The van der Waals surface area contributed by atoms with Gasteiger partial charge in [0.15, 0.2) is 11.3 Å². The van der Waals surface area contributed by atoms with Crippen LogP contribution >= 0.6 is 0 Å². The van der Waals surface area contributed by atoms with Crippen LogP contribution in [0.2, 0.25) is 0 Å². The highest BCUT2D eigenvalue weighted by atomic mass is 15.4. The Morgan fingerprint density at radius 1 is 0.583 bits per heavy atom. The summed E-state index contributed by atoms with van der Waals surface area (Å²) in [6.45, 7) is 0. The molecule has 0 spiro atoms. The first kappa shape index (κ1) is 20.4. The molecule has 1 aliphatic rings. The lowest BCUT2D eigenvalue weighted by Crippen LogP contribution is -2.16. The minimum atomic E-state index is 0.361. The minimum absolute atomic E-state index is 0.361. The first-order chi connectivity index (χ1) is 17.8. The number of H-pyrrole nitrogens is 2. The Bertz CT molecular complexity index is 1670. The van der Waals surface area contributed by atoms with Crippen molar-refractivity contribution < 1.29 is 0 Å². The zero-order valence-electron chi connectivity index (χ0n) is 19.0. The highest BCUT2D eigenvalue weighted by Gasteiger charge is 2.15. The Morgan fingerprint density at radius 3 is 1.50 bits per heavy atom. The number of hydrazone groups is 2. The van der Waals surface area contributed by atoms with E-state index in [1.165, 1.54) is 0 Å². The summed E-state index contributed by atoms with van der Waals surface area (Å²) < 4.78 is 0. The molecule has 12 nitrogen and oxygen atoms in total. The van der Waals surface area contributed by atoms with Gasteiger partial charge in [0, 0.05) is 33.2 Å². The van der Waals surface area contributed by atoms with Crippen LogP contribution in [0.1, 0.15) is 25.7 Å². The summed E-state index contributed by atoms with van der Waals surface area (Å²) in [4.78, 5) is 15.5. The third kappa shape index (κ3) is 3.64. The third-order valence-corrected chi connectivity index (χ3v) is 6.28. The first-order valence-corrected chi connectivity index (χ1v) is 11.7. The number of nitrogens with one attached hydrogen (secondary N) is 4. The van der Waals surface area contributed by atoms with Crippen molar-refractivity contribution in [1.82, 2.24) is 40.3 Å². The molecule has 0 amide bonds. The highest BCUT2D eigenvalue weighted by Crippen LogP contribution is 2.23. The molecular formula is C24H20N12. The summed E-state index contributed by atoms with van der Waals surface area (Å²) >= 11 is 0. The van der Waals surface area contributed by atoms with E-state index in [2.05, 4.69) is 61.4 Å². The van der Waals surface area contributed by atoms with Gasteiger partial charge in [-0.3, -0.25) is 0 Å². The van der Waals surface area contributed by atoms with Gasteiger partial charge in [-0.1, -0.05) is 36.4 Å². The van der Waals surface area contributed by atoms with Crippen LogP contribution in [-0.4, -0.2) is 51.8 Å². The van der Waals surface area contributed by atoms with Gasteiger partial charge in [-0.2, -0.15) is 20.2 Å². The molecule has 0 unspecified atom stereocenters. The van der Waals surface area contributed by atoms with E-state index in [9.17, 15) is 0 Å². The Labute approximate surface area is 203 Å². The van der Waals surface area contributed by atoms with E-state index in [0.717, 1.165) is 69.9 Å². The Morgan fingerprint density at radius 2 is 1.03 bits per heavy atom. The lowest BCUT2D eigenvalue weighted by Gasteiger charge is -2.15. The molecule has 4 heterocycles. The fourth-order valence-corrected chi connectivity index (χ4v) is 4.44. The average Bonchev–Trinajstić information content (AvgIpc) is 3.48. The number of hydrogen-bond acceptors (Lipinski definition) is 10. The summed E-state index contributed by atoms with van der Waals surface area (Å²) in [5.41, 5.74) is 12.8. The summed E-state index contributed by atoms with van der Waals surface area (Å²) in [7, 11) is 0. The molecule has 0 aliphatic heterocycles. The predicted octanol–water partition coefficient (Wildman–Crippen LogP) is 4.14. The van der Waals surface area contributed by atoms with E-state index >= 15 is 0 Å². The molecule has 4 N–H and O–H groups in total. The van der Waals surface area contributed by atoms with Crippen molar-refractivity contribution in [2.45, 2.75) is 25.7 Å². The number of aromatic nitrogens is 8. The molecule has 2 aromatic carbocycles. The normalized spacial score (nSPS) is 14.1. The van der Waals surface area contributed by atoms with E-state index in [1.807, 2.05) is 48.5 Å². The van der Waals surface area contributed by atoms with Crippen LogP contribution < -0.4 is 10.9 Å². The van der Waals surface area contributed by atoms with E-state index in [-0.39, 0.29) is 0 Å². The van der Waals surface area contributed by atoms with Gasteiger partial charge in [0.05, 0.1) is 0 Å². The van der Waals surface area contributed by atoms with Crippen molar-refractivity contribution in [2.75, 3.05) is 10.9 Å². The Hall–Kier alpha value is -5.00. The summed E-state index contributed by atoms with van der Waals surface area (Å²) in [5.74, 6) is 0.722. The molecule has 0 radical (unpaired) electrons. The number of para-hydroxylation sites is 2. The molecule has 0 atom stereocenters. The van der Waals surface area contributed by atoms with Crippen LogP contribution in [0.3, 0.4) is 0 Å². The van der Waals surface area contributed by atoms with E-state index in [4.69, 9.17) is 0 Å². The number of anilines is 2. The molecule has 12 heteroatoms. The molecule has 176 valence electrons.